The maximum Gasteiger partial charge on any atom is 1.00 e. The number of alkyl halides is 2. The second-order valence-electron chi connectivity index (χ2n) is 2.01. The molecule has 0 aromatic carbocycles. The van der Waals surface area contributed by atoms with Crippen LogP contribution < -0.4 is 51.4 Å². The molecule has 1 unspecified atom stereocenters. The van der Waals surface area contributed by atoms with Crippen molar-refractivity contribution in [3.8, 4) is 0 Å². The summed E-state index contributed by atoms with van der Waals surface area (Å²) in [4.78, 5) is 0. The van der Waals surface area contributed by atoms with Gasteiger partial charge in [-0.15, -0.1) is 13.1 Å². The first-order chi connectivity index (χ1) is 3.80. The van der Waals surface area contributed by atoms with Crippen LogP contribution in [0.5, 0.6) is 0 Å². The number of halogens is 2. The minimum atomic E-state index is -2.15. The Bertz CT molecular complexity index is 73.4. The molecule has 4 heteroatoms. The van der Waals surface area contributed by atoms with E-state index in [-0.39, 0.29) is 51.4 Å². The van der Waals surface area contributed by atoms with Crippen LogP contribution in [0.25, 0.3) is 5.32 Å². The normalized spacial score (nSPS) is 26.3. The van der Waals surface area contributed by atoms with E-state index >= 15 is 0 Å². The second kappa shape index (κ2) is 5.15. The number of hydrogen-bond donors (Lipinski definition) is 0. The van der Waals surface area contributed by atoms with E-state index in [2.05, 4.69) is 5.32 Å². The van der Waals surface area contributed by atoms with E-state index in [1.807, 2.05) is 0 Å². The summed E-state index contributed by atoms with van der Waals surface area (Å²) < 4.78 is 23.4. The molecule has 0 spiro atoms. The maximum absolute atomic E-state index is 11.7. The first kappa shape index (κ1) is 10.5. The van der Waals surface area contributed by atoms with Gasteiger partial charge in [0.15, 0.2) is 0 Å². The molecule has 0 radical (unpaired) electrons. The Morgan fingerprint density at radius 3 is 2.33 bits per heavy atom. The zero-order valence-electron chi connectivity index (χ0n) is 5.48. The average Bonchev–Trinajstić information content (AvgIpc) is 2.12. The summed E-state index contributed by atoms with van der Waals surface area (Å²) in [5, 5.41) is 3.81. The van der Waals surface area contributed by atoms with Crippen LogP contribution in [0.3, 0.4) is 0 Å². The SMILES string of the molecule is FC(F)C1CC[N-]C1.[K+]. The third-order valence-corrected chi connectivity index (χ3v) is 1.38. The topological polar surface area (TPSA) is 14.1 Å². The van der Waals surface area contributed by atoms with Gasteiger partial charge in [0.2, 0.25) is 6.43 Å². The molecule has 9 heavy (non-hydrogen) atoms. The van der Waals surface area contributed by atoms with Gasteiger partial charge in [-0.2, -0.15) is 0 Å². The molecule has 0 N–H and O–H groups in total. The summed E-state index contributed by atoms with van der Waals surface area (Å²) in [6.45, 7) is 1.01. The summed E-state index contributed by atoms with van der Waals surface area (Å²) in [6.07, 6.45) is -1.57. The Labute approximate surface area is 96.0 Å². The molecule has 0 amide bonds. The molecule has 1 aliphatic rings. The minimum absolute atomic E-state index is 0. The van der Waals surface area contributed by atoms with E-state index in [1.54, 1.807) is 0 Å². The van der Waals surface area contributed by atoms with Crippen LogP contribution in [0.15, 0.2) is 0 Å². The Kier molecular flexibility index (Phi) is 5.99. The van der Waals surface area contributed by atoms with Crippen molar-refractivity contribution >= 4 is 0 Å². The average molecular weight is 159 g/mol. The summed E-state index contributed by atoms with van der Waals surface area (Å²) in [7, 11) is 0. The Balaban J connectivity index is 0.000000640. The molecule has 48 valence electrons. The predicted octanol–water partition coefficient (Wildman–Crippen LogP) is -1.35. The fraction of sp³-hybridized carbons (Fsp3) is 1.00. The van der Waals surface area contributed by atoms with E-state index in [0.717, 1.165) is 0 Å². The van der Waals surface area contributed by atoms with Crippen LogP contribution >= 0.6 is 0 Å². The molecular formula is C5H8F2KN. The van der Waals surface area contributed by atoms with E-state index in [9.17, 15) is 8.78 Å². The maximum atomic E-state index is 11.7. The van der Waals surface area contributed by atoms with Crippen molar-refractivity contribution in [3.63, 3.8) is 0 Å². The van der Waals surface area contributed by atoms with Crippen molar-refractivity contribution in [3.05, 3.63) is 5.32 Å². The zero-order chi connectivity index (χ0) is 5.98. The van der Waals surface area contributed by atoms with Crippen molar-refractivity contribution in [2.45, 2.75) is 12.8 Å². The molecule has 0 bridgehead atoms. The Hall–Kier alpha value is 1.46. The molecule has 1 fully saturated rings. The van der Waals surface area contributed by atoms with Gasteiger partial charge in [0.1, 0.15) is 0 Å². The monoisotopic (exact) mass is 159 g/mol. The van der Waals surface area contributed by atoms with Crippen LogP contribution in [0.4, 0.5) is 8.78 Å². The minimum Gasteiger partial charge on any atom is -0.662 e. The molecule has 1 aliphatic heterocycles. The summed E-state index contributed by atoms with van der Waals surface area (Å²) >= 11 is 0. The number of nitrogens with zero attached hydrogens (tertiary/aromatic N) is 1. The van der Waals surface area contributed by atoms with Gasteiger partial charge in [-0.25, -0.2) is 8.78 Å². The van der Waals surface area contributed by atoms with E-state index < -0.39 is 12.3 Å². The van der Waals surface area contributed by atoms with E-state index in [0.29, 0.717) is 19.5 Å². The molecule has 1 rings (SSSR count). The zero-order valence-corrected chi connectivity index (χ0v) is 8.60. The van der Waals surface area contributed by atoms with Crippen molar-refractivity contribution in [1.29, 1.82) is 0 Å². The molecule has 1 heterocycles. The largest absolute Gasteiger partial charge is 1.00 e. The Morgan fingerprint density at radius 1 is 1.44 bits per heavy atom. The van der Waals surface area contributed by atoms with Crippen LogP contribution in [-0.2, 0) is 0 Å². The molecule has 0 aliphatic carbocycles. The first-order valence-electron chi connectivity index (χ1n) is 2.72. The van der Waals surface area contributed by atoms with Crippen LogP contribution in [0.2, 0.25) is 0 Å². The quantitative estimate of drug-likeness (QED) is 0.420. The molecule has 1 atom stereocenters. The summed E-state index contributed by atoms with van der Waals surface area (Å²) in [5.74, 6) is -0.435. The smallest absolute Gasteiger partial charge is 0.662 e. The third kappa shape index (κ3) is 3.39. The fourth-order valence-electron chi connectivity index (χ4n) is 0.811. The molecule has 1 nitrogen and oxygen atoms in total. The van der Waals surface area contributed by atoms with Gasteiger partial charge in [-0.3, -0.25) is 0 Å². The number of hydrogen-bond acceptors (Lipinski definition) is 0. The van der Waals surface area contributed by atoms with Gasteiger partial charge >= 0.3 is 51.4 Å². The van der Waals surface area contributed by atoms with Crippen molar-refractivity contribution < 1.29 is 60.2 Å². The predicted molar refractivity (Wildman–Crippen MR) is 27.2 cm³/mol. The molecule has 0 saturated carbocycles. The fourth-order valence-corrected chi connectivity index (χ4v) is 0.811. The van der Waals surface area contributed by atoms with Gasteiger partial charge < -0.3 is 5.32 Å². The van der Waals surface area contributed by atoms with Crippen molar-refractivity contribution in [2.24, 2.45) is 5.92 Å². The second-order valence-corrected chi connectivity index (χ2v) is 2.01. The molecular weight excluding hydrogens is 151 g/mol. The molecule has 1 saturated heterocycles. The molecule has 0 aromatic heterocycles. The van der Waals surface area contributed by atoms with Crippen molar-refractivity contribution in [2.75, 3.05) is 13.1 Å². The third-order valence-electron chi connectivity index (χ3n) is 1.38. The Morgan fingerprint density at radius 2 is 2.11 bits per heavy atom. The van der Waals surface area contributed by atoms with Gasteiger partial charge in [0.05, 0.1) is 0 Å². The first-order valence-corrected chi connectivity index (χ1v) is 2.72. The molecule has 0 aromatic rings. The van der Waals surface area contributed by atoms with Crippen LogP contribution in [0, 0.1) is 5.92 Å². The number of rotatable bonds is 1. The van der Waals surface area contributed by atoms with E-state index in [4.69, 9.17) is 0 Å². The van der Waals surface area contributed by atoms with Gasteiger partial charge in [-0.05, 0) is 5.92 Å². The van der Waals surface area contributed by atoms with Crippen molar-refractivity contribution in [1.82, 2.24) is 0 Å². The standard InChI is InChI=1S/C5H8F2N.K/c6-5(7)4-1-2-8-3-4;/h4-5H,1-3H2;/q-1;+1. The van der Waals surface area contributed by atoms with Gasteiger partial charge in [0, 0.05) is 0 Å². The summed E-state index contributed by atoms with van der Waals surface area (Å²) in [6, 6.07) is 0. The van der Waals surface area contributed by atoms with E-state index in [1.165, 1.54) is 0 Å². The van der Waals surface area contributed by atoms with Crippen LogP contribution in [0.1, 0.15) is 6.42 Å². The van der Waals surface area contributed by atoms with Gasteiger partial charge in [0.25, 0.3) is 0 Å². The van der Waals surface area contributed by atoms with Gasteiger partial charge in [-0.1, -0.05) is 6.42 Å². The summed E-state index contributed by atoms with van der Waals surface area (Å²) in [5.41, 5.74) is 0. The van der Waals surface area contributed by atoms with Crippen LogP contribution in [-0.4, -0.2) is 19.5 Å².